The number of nitrogens with zero attached hydrogens (tertiary/aromatic N) is 1. The van der Waals surface area contributed by atoms with Crippen molar-refractivity contribution in [1.29, 1.82) is 0 Å². The Labute approximate surface area is 129 Å². The third kappa shape index (κ3) is 2.67. The van der Waals surface area contributed by atoms with Crippen molar-refractivity contribution < 1.29 is 19.4 Å². The summed E-state index contributed by atoms with van der Waals surface area (Å²) in [5, 5.41) is 9.41. The highest BCUT2D eigenvalue weighted by molar-refractivity contribution is 5.98. The first-order valence-corrected chi connectivity index (χ1v) is 7.88. The molecule has 1 aliphatic heterocycles. The van der Waals surface area contributed by atoms with E-state index in [9.17, 15) is 14.7 Å². The van der Waals surface area contributed by atoms with E-state index in [-0.39, 0.29) is 6.10 Å². The number of aliphatic carboxylic acids is 1. The molecular weight excluding hydrogens is 282 g/mol. The fourth-order valence-electron chi connectivity index (χ4n) is 3.45. The second kappa shape index (κ2) is 5.99. The molecule has 118 valence electrons. The molecule has 0 radical (unpaired) electrons. The molecule has 0 unspecified atom stereocenters. The predicted octanol–water partition coefficient (Wildman–Crippen LogP) is 3.22. The van der Waals surface area contributed by atoms with Crippen LogP contribution in [0.25, 0.3) is 0 Å². The summed E-state index contributed by atoms with van der Waals surface area (Å²) in [6, 6.07) is 6.44. The average molecular weight is 303 g/mol. The van der Waals surface area contributed by atoms with Gasteiger partial charge in [-0.25, -0.2) is 9.59 Å². The summed E-state index contributed by atoms with van der Waals surface area (Å²) in [6.45, 7) is 2.09. The molecule has 0 spiro atoms. The van der Waals surface area contributed by atoms with Crippen LogP contribution in [0.3, 0.4) is 0 Å². The van der Waals surface area contributed by atoms with Crippen molar-refractivity contribution in [2.24, 2.45) is 5.92 Å². The molecule has 5 nitrogen and oxygen atoms in total. The number of carbonyl (C=O) groups excluding carboxylic acids is 1. The van der Waals surface area contributed by atoms with Gasteiger partial charge in [0.1, 0.15) is 12.1 Å². The molecule has 1 amide bonds. The predicted molar refractivity (Wildman–Crippen MR) is 81.9 cm³/mol. The number of amides is 1. The standard InChI is InChI=1S/C17H21NO4/c1-11-6-2-5-9-15(11)22-17(21)18-13-8-4-3-7-12(13)10-14(18)16(19)20/h3-4,7-8,11,14-15H,2,5-6,9-10H2,1H3,(H,19,20)/t11-,14+,15+/m0/s1. The van der Waals surface area contributed by atoms with E-state index in [1.54, 1.807) is 6.07 Å². The molecule has 2 aliphatic rings. The molecule has 1 fully saturated rings. The molecule has 3 rings (SSSR count). The van der Waals surface area contributed by atoms with Crippen molar-refractivity contribution in [3.8, 4) is 0 Å². The van der Waals surface area contributed by atoms with Crippen LogP contribution in [-0.2, 0) is 16.0 Å². The Balaban J connectivity index is 1.81. The number of anilines is 1. The van der Waals surface area contributed by atoms with E-state index in [0.29, 0.717) is 18.0 Å². The third-order valence-corrected chi connectivity index (χ3v) is 4.74. The van der Waals surface area contributed by atoms with Crippen molar-refractivity contribution in [3.05, 3.63) is 29.8 Å². The van der Waals surface area contributed by atoms with Crippen molar-refractivity contribution in [1.82, 2.24) is 0 Å². The Bertz CT molecular complexity index is 586. The highest BCUT2D eigenvalue weighted by atomic mass is 16.6. The van der Waals surface area contributed by atoms with Gasteiger partial charge in [-0.1, -0.05) is 31.5 Å². The summed E-state index contributed by atoms with van der Waals surface area (Å²) in [5.74, 6) is -0.663. The zero-order valence-corrected chi connectivity index (χ0v) is 12.7. The molecule has 0 bridgehead atoms. The van der Waals surface area contributed by atoms with Crippen LogP contribution in [0.2, 0.25) is 0 Å². The number of hydrogen-bond donors (Lipinski definition) is 1. The third-order valence-electron chi connectivity index (χ3n) is 4.74. The van der Waals surface area contributed by atoms with Crippen LogP contribution in [0.15, 0.2) is 24.3 Å². The van der Waals surface area contributed by atoms with E-state index < -0.39 is 18.1 Å². The Morgan fingerprint density at radius 2 is 1.95 bits per heavy atom. The van der Waals surface area contributed by atoms with E-state index in [2.05, 4.69) is 6.92 Å². The fourth-order valence-corrected chi connectivity index (χ4v) is 3.45. The monoisotopic (exact) mass is 303 g/mol. The number of rotatable bonds is 2. The Morgan fingerprint density at radius 3 is 2.68 bits per heavy atom. The summed E-state index contributed by atoms with van der Waals surface area (Å²) >= 11 is 0. The summed E-state index contributed by atoms with van der Waals surface area (Å²) in [5.41, 5.74) is 1.53. The van der Waals surface area contributed by atoms with Gasteiger partial charge < -0.3 is 9.84 Å². The molecule has 1 saturated carbocycles. The molecule has 0 saturated heterocycles. The van der Waals surface area contributed by atoms with Gasteiger partial charge in [0.15, 0.2) is 0 Å². The van der Waals surface area contributed by atoms with Gasteiger partial charge in [0.2, 0.25) is 0 Å². The molecule has 22 heavy (non-hydrogen) atoms. The Morgan fingerprint density at radius 1 is 1.23 bits per heavy atom. The quantitative estimate of drug-likeness (QED) is 0.911. The number of para-hydroxylation sites is 1. The smallest absolute Gasteiger partial charge is 0.415 e. The molecule has 1 aromatic carbocycles. The van der Waals surface area contributed by atoms with Gasteiger partial charge in [0.25, 0.3) is 0 Å². The normalized spacial score (nSPS) is 27.3. The molecule has 3 atom stereocenters. The fraction of sp³-hybridized carbons (Fsp3) is 0.529. The topological polar surface area (TPSA) is 66.8 Å². The van der Waals surface area contributed by atoms with E-state index in [1.807, 2.05) is 18.2 Å². The second-order valence-corrected chi connectivity index (χ2v) is 6.24. The minimum absolute atomic E-state index is 0.108. The van der Waals surface area contributed by atoms with Crippen LogP contribution in [0.1, 0.15) is 38.2 Å². The minimum Gasteiger partial charge on any atom is -0.480 e. The van der Waals surface area contributed by atoms with Crippen LogP contribution < -0.4 is 4.90 Å². The summed E-state index contributed by atoms with van der Waals surface area (Å²) in [6.07, 6.45) is 3.83. The first-order valence-electron chi connectivity index (χ1n) is 7.88. The van der Waals surface area contributed by atoms with E-state index in [0.717, 1.165) is 24.8 Å². The van der Waals surface area contributed by atoms with Gasteiger partial charge in [-0.15, -0.1) is 0 Å². The van der Waals surface area contributed by atoms with Crippen LogP contribution >= 0.6 is 0 Å². The van der Waals surface area contributed by atoms with Gasteiger partial charge in [-0.2, -0.15) is 0 Å². The van der Waals surface area contributed by atoms with Crippen LogP contribution in [0.4, 0.5) is 10.5 Å². The Kier molecular flexibility index (Phi) is 4.05. The van der Waals surface area contributed by atoms with Gasteiger partial charge in [-0.05, 0) is 36.8 Å². The van der Waals surface area contributed by atoms with Crippen LogP contribution in [-0.4, -0.2) is 29.3 Å². The maximum absolute atomic E-state index is 12.6. The number of carboxylic acids is 1. The molecule has 1 N–H and O–H groups in total. The van der Waals surface area contributed by atoms with Crippen molar-refractivity contribution in [2.75, 3.05) is 4.90 Å². The maximum atomic E-state index is 12.6. The molecule has 1 heterocycles. The van der Waals surface area contributed by atoms with Gasteiger partial charge >= 0.3 is 12.1 Å². The first-order chi connectivity index (χ1) is 10.6. The van der Waals surface area contributed by atoms with Crippen molar-refractivity contribution >= 4 is 17.7 Å². The lowest BCUT2D eigenvalue weighted by molar-refractivity contribution is -0.138. The molecule has 1 aromatic rings. The highest BCUT2D eigenvalue weighted by Crippen LogP contribution is 2.34. The number of hydrogen-bond acceptors (Lipinski definition) is 3. The number of carboxylic acid groups (broad SMARTS) is 1. The Hall–Kier alpha value is -2.04. The summed E-state index contributed by atoms with van der Waals surface area (Å²) < 4.78 is 5.65. The largest absolute Gasteiger partial charge is 0.480 e. The van der Waals surface area contributed by atoms with Crippen molar-refractivity contribution in [2.45, 2.75) is 51.2 Å². The van der Waals surface area contributed by atoms with Gasteiger partial charge in [-0.3, -0.25) is 4.90 Å². The number of benzene rings is 1. The van der Waals surface area contributed by atoms with Gasteiger partial charge in [0, 0.05) is 6.42 Å². The van der Waals surface area contributed by atoms with E-state index in [4.69, 9.17) is 4.74 Å². The maximum Gasteiger partial charge on any atom is 0.415 e. The average Bonchev–Trinajstić information content (AvgIpc) is 2.89. The van der Waals surface area contributed by atoms with Crippen molar-refractivity contribution in [3.63, 3.8) is 0 Å². The SMILES string of the molecule is C[C@H]1CCCC[C@H]1OC(=O)N1c2ccccc2C[C@@H]1C(=O)O. The highest BCUT2D eigenvalue weighted by Gasteiger charge is 2.40. The number of ether oxygens (including phenoxy) is 1. The summed E-state index contributed by atoms with van der Waals surface area (Å²) in [4.78, 5) is 25.4. The van der Waals surface area contributed by atoms with E-state index in [1.165, 1.54) is 11.3 Å². The zero-order chi connectivity index (χ0) is 15.7. The lowest BCUT2D eigenvalue weighted by atomic mass is 9.88. The van der Waals surface area contributed by atoms with E-state index >= 15 is 0 Å². The molecule has 1 aliphatic carbocycles. The van der Waals surface area contributed by atoms with Crippen LogP contribution in [0, 0.1) is 5.92 Å². The summed E-state index contributed by atoms with van der Waals surface area (Å²) in [7, 11) is 0. The van der Waals surface area contributed by atoms with Gasteiger partial charge in [0.05, 0.1) is 5.69 Å². The lowest BCUT2D eigenvalue weighted by Gasteiger charge is -2.31. The molecule has 0 aromatic heterocycles. The molecule has 5 heteroatoms. The first kappa shape index (κ1) is 14.9. The second-order valence-electron chi connectivity index (χ2n) is 6.24. The lowest BCUT2D eigenvalue weighted by Crippen LogP contribution is -2.45. The number of fused-ring (bicyclic) bond motifs is 1. The number of carbonyl (C=O) groups is 2. The van der Waals surface area contributed by atoms with Crippen LogP contribution in [0.5, 0.6) is 0 Å². The zero-order valence-electron chi connectivity index (χ0n) is 12.7. The molecular formula is C17H21NO4. The minimum atomic E-state index is -0.996.